The molecule has 0 fully saturated rings. The van der Waals surface area contributed by atoms with Crippen LogP contribution in [0.25, 0.3) is 0 Å². The van der Waals surface area contributed by atoms with Gasteiger partial charge >= 0.3 is 0 Å². The highest BCUT2D eigenvalue weighted by molar-refractivity contribution is 9.11. The van der Waals surface area contributed by atoms with Crippen molar-refractivity contribution >= 4 is 48.9 Å². The van der Waals surface area contributed by atoms with Crippen LogP contribution in [0.3, 0.4) is 0 Å². The van der Waals surface area contributed by atoms with E-state index in [1.807, 2.05) is 25.1 Å². The molecule has 0 aliphatic carbocycles. The van der Waals surface area contributed by atoms with Gasteiger partial charge in [0.15, 0.2) is 0 Å². The van der Waals surface area contributed by atoms with E-state index in [2.05, 4.69) is 56.2 Å². The summed E-state index contributed by atoms with van der Waals surface area (Å²) in [5, 5.41) is 3.40. The Morgan fingerprint density at radius 1 is 0.944 bits per heavy atom. The first-order valence-corrected chi connectivity index (χ1v) is 7.15. The predicted molar refractivity (Wildman–Crippen MR) is 85.5 cm³/mol. The highest BCUT2D eigenvalue weighted by atomic mass is 79.9. The summed E-state index contributed by atoms with van der Waals surface area (Å²) in [5.41, 5.74) is 11.0. The molecule has 2 aromatic rings. The van der Waals surface area contributed by atoms with Gasteiger partial charge in [-0.25, -0.2) is 0 Å². The van der Waals surface area contributed by atoms with Crippen LogP contribution in [0, 0.1) is 13.8 Å². The monoisotopic (exact) mass is 368 g/mol. The van der Waals surface area contributed by atoms with Crippen molar-refractivity contribution in [1.29, 1.82) is 0 Å². The van der Waals surface area contributed by atoms with Crippen LogP contribution in [0.2, 0.25) is 0 Å². The summed E-state index contributed by atoms with van der Waals surface area (Å²) >= 11 is 7.07. The Hall–Kier alpha value is -1.00. The van der Waals surface area contributed by atoms with Crippen LogP contribution in [-0.4, -0.2) is 0 Å². The van der Waals surface area contributed by atoms with Gasteiger partial charge in [0.1, 0.15) is 0 Å². The normalized spacial score (nSPS) is 10.4. The van der Waals surface area contributed by atoms with Gasteiger partial charge in [0.05, 0.1) is 11.4 Å². The van der Waals surface area contributed by atoms with Crippen molar-refractivity contribution in [2.45, 2.75) is 13.8 Å². The topological polar surface area (TPSA) is 38.0 Å². The van der Waals surface area contributed by atoms with E-state index < -0.39 is 0 Å². The van der Waals surface area contributed by atoms with Crippen LogP contribution in [0.15, 0.2) is 39.3 Å². The van der Waals surface area contributed by atoms with Gasteiger partial charge in [-0.15, -0.1) is 0 Å². The van der Waals surface area contributed by atoms with Gasteiger partial charge in [-0.3, -0.25) is 0 Å². The molecule has 2 aromatic carbocycles. The number of halogens is 2. The van der Waals surface area contributed by atoms with Gasteiger partial charge in [-0.1, -0.05) is 6.07 Å². The lowest BCUT2D eigenvalue weighted by Crippen LogP contribution is -1.96. The largest absolute Gasteiger partial charge is 0.398 e. The maximum Gasteiger partial charge on any atom is 0.0533 e. The van der Waals surface area contributed by atoms with Gasteiger partial charge in [0.2, 0.25) is 0 Å². The average molecular weight is 370 g/mol. The van der Waals surface area contributed by atoms with Gasteiger partial charge in [-0.2, -0.15) is 0 Å². The van der Waals surface area contributed by atoms with E-state index in [1.165, 1.54) is 5.56 Å². The molecule has 0 unspecified atom stereocenters. The maximum atomic E-state index is 5.87. The predicted octanol–water partition coefficient (Wildman–Crippen LogP) is 5.15. The Labute approximate surface area is 124 Å². The van der Waals surface area contributed by atoms with Crippen molar-refractivity contribution in [2.75, 3.05) is 11.1 Å². The zero-order chi connectivity index (χ0) is 13.3. The molecule has 0 saturated carbocycles. The Morgan fingerprint density at radius 3 is 2.33 bits per heavy atom. The molecule has 2 rings (SSSR count). The number of anilines is 3. The van der Waals surface area contributed by atoms with E-state index in [9.17, 15) is 0 Å². The van der Waals surface area contributed by atoms with Gasteiger partial charge in [-0.05, 0) is 81.1 Å². The van der Waals surface area contributed by atoms with Gasteiger partial charge < -0.3 is 11.1 Å². The average Bonchev–Trinajstić information content (AvgIpc) is 2.30. The molecule has 0 heterocycles. The van der Waals surface area contributed by atoms with Crippen molar-refractivity contribution in [2.24, 2.45) is 0 Å². The molecule has 0 aromatic heterocycles. The third kappa shape index (κ3) is 2.87. The zero-order valence-corrected chi connectivity index (χ0v) is 13.4. The fraction of sp³-hybridized carbons (Fsp3) is 0.143. The van der Waals surface area contributed by atoms with E-state index in [1.54, 1.807) is 0 Å². The number of rotatable bonds is 2. The van der Waals surface area contributed by atoms with E-state index in [0.29, 0.717) is 0 Å². The van der Waals surface area contributed by atoms with Crippen LogP contribution in [0.1, 0.15) is 11.1 Å². The number of nitrogens with two attached hydrogens (primary N) is 1. The molecule has 0 radical (unpaired) electrons. The first-order chi connectivity index (χ1) is 8.47. The first kappa shape index (κ1) is 13.4. The minimum atomic E-state index is 0.788. The van der Waals surface area contributed by atoms with Crippen LogP contribution < -0.4 is 11.1 Å². The third-order valence-corrected chi connectivity index (χ3v) is 4.09. The van der Waals surface area contributed by atoms with E-state index in [-0.39, 0.29) is 0 Å². The number of nitrogen functional groups attached to an aromatic ring is 1. The fourth-order valence-electron chi connectivity index (χ4n) is 1.67. The molecule has 2 nitrogen and oxygen atoms in total. The lowest BCUT2D eigenvalue weighted by Gasteiger charge is -2.13. The quantitative estimate of drug-likeness (QED) is 0.718. The Bertz CT molecular complexity index is 595. The van der Waals surface area contributed by atoms with Crippen molar-refractivity contribution in [1.82, 2.24) is 0 Å². The lowest BCUT2D eigenvalue weighted by molar-refractivity contribution is 1.40. The minimum absolute atomic E-state index is 0.788. The van der Waals surface area contributed by atoms with E-state index in [4.69, 9.17) is 5.73 Å². The minimum Gasteiger partial charge on any atom is -0.398 e. The molecule has 4 heteroatoms. The number of benzene rings is 2. The molecule has 0 aliphatic heterocycles. The Balaban J connectivity index is 2.40. The van der Waals surface area contributed by atoms with E-state index in [0.717, 1.165) is 31.6 Å². The molecular formula is C14H14Br2N2. The summed E-state index contributed by atoms with van der Waals surface area (Å²) < 4.78 is 1.99. The summed E-state index contributed by atoms with van der Waals surface area (Å²) in [7, 11) is 0. The molecule has 0 amide bonds. The molecule has 3 N–H and O–H groups in total. The number of hydrogen-bond donors (Lipinski definition) is 2. The van der Waals surface area contributed by atoms with Crippen molar-refractivity contribution in [3.8, 4) is 0 Å². The first-order valence-electron chi connectivity index (χ1n) is 5.56. The highest BCUT2D eigenvalue weighted by Crippen LogP contribution is 2.33. The fourth-order valence-corrected chi connectivity index (χ4v) is 2.48. The van der Waals surface area contributed by atoms with Crippen LogP contribution in [0.4, 0.5) is 17.1 Å². The molecule has 94 valence electrons. The molecule has 0 bridgehead atoms. The standard InChI is InChI=1S/C14H14Br2N2/c1-8-3-4-10(15)13(5-8)18-14-6-9(2)12(17)7-11(14)16/h3-7,18H,17H2,1-2H3. The van der Waals surface area contributed by atoms with Gasteiger partial charge in [0.25, 0.3) is 0 Å². The van der Waals surface area contributed by atoms with E-state index >= 15 is 0 Å². The summed E-state index contributed by atoms with van der Waals surface area (Å²) in [6.07, 6.45) is 0. The SMILES string of the molecule is Cc1ccc(Br)c(Nc2cc(C)c(N)cc2Br)c1. The number of aryl methyl sites for hydroxylation is 2. The van der Waals surface area contributed by atoms with Crippen molar-refractivity contribution < 1.29 is 0 Å². The summed E-state index contributed by atoms with van der Waals surface area (Å²) in [4.78, 5) is 0. The second kappa shape index (κ2) is 5.33. The maximum absolute atomic E-state index is 5.87. The van der Waals surface area contributed by atoms with Crippen LogP contribution in [0.5, 0.6) is 0 Å². The Morgan fingerprint density at radius 2 is 1.61 bits per heavy atom. The highest BCUT2D eigenvalue weighted by Gasteiger charge is 2.06. The number of hydrogen-bond acceptors (Lipinski definition) is 2. The summed E-state index contributed by atoms with van der Waals surface area (Å²) in [5.74, 6) is 0. The van der Waals surface area contributed by atoms with Crippen LogP contribution in [-0.2, 0) is 0 Å². The summed E-state index contributed by atoms with van der Waals surface area (Å²) in [6, 6.07) is 10.2. The lowest BCUT2D eigenvalue weighted by atomic mass is 10.1. The Kier molecular flexibility index (Phi) is 3.97. The van der Waals surface area contributed by atoms with Crippen molar-refractivity contribution in [3.05, 3.63) is 50.4 Å². The van der Waals surface area contributed by atoms with Gasteiger partial charge in [0, 0.05) is 14.6 Å². The number of nitrogens with one attached hydrogen (secondary N) is 1. The van der Waals surface area contributed by atoms with Crippen LogP contribution >= 0.6 is 31.9 Å². The molecular weight excluding hydrogens is 356 g/mol. The summed E-state index contributed by atoms with van der Waals surface area (Å²) in [6.45, 7) is 4.07. The molecule has 18 heavy (non-hydrogen) atoms. The molecule has 0 atom stereocenters. The molecule has 0 saturated heterocycles. The second-order valence-corrected chi connectivity index (χ2v) is 6.01. The molecule has 0 spiro atoms. The second-order valence-electron chi connectivity index (χ2n) is 4.30. The third-order valence-electron chi connectivity index (χ3n) is 2.75. The van der Waals surface area contributed by atoms with Crippen molar-refractivity contribution in [3.63, 3.8) is 0 Å². The zero-order valence-electron chi connectivity index (χ0n) is 10.2. The smallest absolute Gasteiger partial charge is 0.0533 e. The molecule has 0 aliphatic rings.